The van der Waals surface area contributed by atoms with E-state index in [0.717, 1.165) is 25.7 Å². The predicted molar refractivity (Wildman–Crippen MR) is 88.8 cm³/mol. The lowest BCUT2D eigenvalue weighted by Gasteiger charge is -2.20. The van der Waals surface area contributed by atoms with E-state index in [2.05, 4.69) is 10.3 Å². The van der Waals surface area contributed by atoms with Gasteiger partial charge in [0.1, 0.15) is 5.15 Å². The van der Waals surface area contributed by atoms with Crippen LogP contribution in [0.25, 0.3) is 0 Å². The normalized spacial score (nSPS) is 16.3. The second kappa shape index (κ2) is 9.08. The molecule has 1 aliphatic carbocycles. The summed E-state index contributed by atoms with van der Waals surface area (Å²) in [5.41, 5.74) is 0.165. The second-order valence-electron chi connectivity index (χ2n) is 5.68. The average molecular weight is 359 g/mol. The largest absolute Gasteiger partial charge is 0.452 e. The summed E-state index contributed by atoms with van der Waals surface area (Å²) in [5.74, 6) is -0.930. The molecule has 1 N–H and O–H groups in total. The summed E-state index contributed by atoms with van der Waals surface area (Å²) in [4.78, 5) is 27.5. The number of nitrogens with zero attached hydrogens (tertiary/aromatic N) is 1. The molecule has 7 heteroatoms. The van der Waals surface area contributed by atoms with Crippen LogP contribution in [0.2, 0.25) is 10.2 Å². The number of carbonyl (C=O) groups excluding carboxylic acids is 2. The average Bonchev–Trinajstić information content (AvgIpc) is 2.50. The van der Waals surface area contributed by atoms with Gasteiger partial charge in [-0.1, -0.05) is 55.3 Å². The monoisotopic (exact) mass is 358 g/mol. The molecule has 2 rings (SSSR count). The van der Waals surface area contributed by atoms with E-state index < -0.39 is 5.97 Å². The van der Waals surface area contributed by atoms with Crippen LogP contribution in [0.4, 0.5) is 0 Å². The van der Waals surface area contributed by atoms with Crippen molar-refractivity contribution in [1.82, 2.24) is 10.3 Å². The van der Waals surface area contributed by atoms with Crippen LogP contribution < -0.4 is 5.32 Å². The Bertz CT molecular complexity index is 558. The van der Waals surface area contributed by atoms with E-state index in [1.807, 2.05) is 0 Å². The Kier molecular flexibility index (Phi) is 7.12. The van der Waals surface area contributed by atoms with Gasteiger partial charge in [0, 0.05) is 12.2 Å². The Labute approximate surface area is 145 Å². The molecule has 0 bridgehead atoms. The number of amides is 1. The minimum atomic E-state index is -0.649. The van der Waals surface area contributed by atoms with Crippen molar-refractivity contribution in [2.24, 2.45) is 0 Å². The summed E-state index contributed by atoms with van der Waals surface area (Å²) >= 11 is 11.5. The first-order chi connectivity index (χ1) is 11.1. The van der Waals surface area contributed by atoms with Crippen molar-refractivity contribution in [2.45, 2.75) is 51.0 Å². The fourth-order valence-corrected chi connectivity index (χ4v) is 2.89. The molecule has 1 saturated carbocycles. The number of nitrogens with one attached hydrogen (secondary N) is 1. The van der Waals surface area contributed by atoms with Gasteiger partial charge >= 0.3 is 5.97 Å². The molecule has 126 valence electrons. The van der Waals surface area contributed by atoms with Crippen molar-refractivity contribution in [3.8, 4) is 0 Å². The molecule has 1 amide bonds. The second-order valence-corrected chi connectivity index (χ2v) is 6.45. The zero-order chi connectivity index (χ0) is 16.7. The lowest BCUT2D eigenvalue weighted by Crippen LogP contribution is -2.38. The molecule has 0 atom stereocenters. The zero-order valence-corrected chi connectivity index (χ0v) is 14.3. The summed E-state index contributed by atoms with van der Waals surface area (Å²) < 4.78 is 4.99. The summed E-state index contributed by atoms with van der Waals surface area (Å²) in [5, 5.41) is 3.22. The van der Waals surface area contributed by atoms with Gasteiger partial charge in [-0.05, 0) is 18.9 Å². The first kappa shape index (κ1) is 18.0. The van der Waals surface area contributed by atoms with Gasteiger partial charge in [0.2, 0.25) is 0 Å². The number of esters is 1. The maximum Gasteiger partial charge on any atom is 0.340 e. The standard InChI is InChI=1S/C16H20Cl2N2O3/c17-13-8-11(9-19-15(13)18)16(22)23-10-14(21)20-12-6-4-2-1-3-5-7-12/h8-9,12H,1-7,10H2,(H,20,21). The van der Waals surface area contributed by atoms with Crippen LogP contribution in [0.15, 0.2) is 12.3 Å². The molecule has 5 nitrogen and oxygen atoms in total. The third kappa shape index (κ3) is 5.99. The van der Waals surface area contributed by atoms with Crippen molar-refractivity contribution in [3.63, 3.8) is 0 Å². The Morgan fingerprint density at radius 2 is 1.83 bits per heavy atom. The Hall–Kier alpha value is -1.33. The van der Waals surface area contributed by atoms with E-state index >= 15 is 0 Å². The summed E-state index contributed by atoms with van der Waals surface area (Å²) in [6.07, 6.45) is 9.18. The molecular weight excluding hydrogens is 339 g/mol. The molecule has 1 aliphatic rings. The summed E-state index contributed by atoms with van der Waals surface area (Å²) in [6.45, 7) is -0.310. The van der Waals surface area contributed by atoms with Crippen LogP contribution in [0.5, 0.6) is 0 Å². The fourth-order valence-electron chi connectivity index (χ4n) is 2.62. The van der Waals surface area contributed by atoms with Crippen LogP contribution in [-0.2, 0) is 9.53 Å². The minimum Gasteiger partial charge on any atom is -0.452 e. The maximum atomic E-state index is 11.9. The fraction of sp³-hybridized carbons (Fsp3) is 0.562. The third-order valence-corrected chi connectivity index (χ3v) is 4.52. The highest BCUT2D eigenvalue weighted by atomic mass is 35.5. The molecule has 0 radical (unpaired) electrons. The number of pyridine rings is 1. The topological polar surface area (TPSA) is 68.3 Å². The van der Waals surface area contributed by atoms with Gasteiger partial charge < -0.3 is 10.1 Å². The molecule has 0 aromatic carbocycles. The first-order valence-electron chi connectivity index (χ1n) is 7.84. The van der Waals surface area contributed by atoms with Crippen molar-refractivity contribution >= 4 is 35.1 Å². The Balaban J connectivity index is 1.78. The van der Waals surface area contributed by atoms with E-state index in [4.69, 9.17) is 27.9 Å². The van der Waals surface area contributed by atoms with Crippen molar-refractivity contribution in [1.29, 1.82) is 0 Å². The number of halogens is 2. The molecule has 0 saturated heterocycles. The SMILES string of the molecule is O=C(COC(=O)c1cnc(Cl)c(Cl)c1)NC1CCCCCCC1. The number of rotatable bonds is 4. The predicted octanol–water partition coefficient (Wildman–Crippen LogP) is 3.77. The van der Waals surface area contributed by atoms with Gasteiger partial charge in [-0.25, -0.2) is 9.78 Å². The van der Waals surface area contributed by atoms with E-state index in [0.29, 0.717) is 0 Å². The quantitative estimate of drug-likeness (QED) is 0.656. The highest BCUT2D eigenvalue weighted by Gasteiger charge is 2.16. The van der Waals surface area contributed by atoms with E-state index in [1.54, 1.807) is 0 Å². The molecule has 1 aromatic rings. The van der Waals surface area contributed by atoms with Crippen LogP contribution >= 0.6 is 23.2 Å². The molecule has 1 heterocycles. The molecule has 1 fully saturated rings. The molecular formula is C16H20Cl2N2O3. The minimum absolute atomic E-state index is 0.116. The molecule has 0 aliphatic heterocycles. The van der Waals surface area contributed by atoms with Crippen LogP contribution in [-0.4, -0.2) is 29.5 Å². The van der Waals surface area contributed by atoms with E-state index in [1.165, 1.54) is 31.5 Å². The number of aromatic nitrogens is 1. The van der Waals surface area contributed by atoms with E-state index in [-0.39, 0.29) is 34.3 Å². The van der Waals surface area contributed by atoms with Gasteiger partial charge in [-0.3, -0.25) is 4.79 Å². The molecule has 1 aromatic heterocycles. The van der Waals surface area contributed by atoms with Crippen molar-refractivity contribution in [3.05, 3.63) is 28.0 Å². The lowest BCUT2D eigenvalue weighted by molar-refractivity contribution is -0.125. The smallest absolute Gasteiger partial charge is 0.340 e. The molecule has 0 spiro atoms. The lowest BCUT2D eigenvalue weighted by atomic mass is 9.97. The molecule has 23 heavy (non-hydrogen) atoms. The van der Waals surface area contributed by atoms with Gasteiger partial charge in [0.05, 0.1) is 10.6 Å². The number of carbonyl (C=O) groups is 2. The maximum absolute atomic E-state index is 11.9. The molecule has 0 unspecified atom stereocenters. The third-order valence-electron chi connectivity index (χ3n) is 3.84. The Morgan fingerprint density at radius 1 is 1.17 bits per heavy atom. The van der Waals surface area contributed by atoms with Crippen LogP contribution in [0.1, 0.15) is 55.3 Å². The van der Waals surface area contributed by atoms with Crippen molar-refractivity contribution in [2.75, 3.05) is 6.61 Å². The van der Waals surface area contributed by atoms with Crippen LogP contribution in [0, 0.1) is 0 Å². The van der Waals surface area contributed by atoms with Gasteiger partial charge in [0.15, 0.2) is 6.61 Å². The summed E-state index contributed by atoms with van der Waals surface area (Å²) in [7, 11) is 0. The van der Waals surface area contributed by atoms with Gasteiger partial charge in [-0.2, -0.15) is 0 Å². The highest BCUT2D eigenvalue weighted by molar-refractivity contribution is 6.41. The zero-order valence-electron chi connectivity index (χ0n) is 12.8. The van der Waals surface area contributed by atoms with Crippen LogP contribution in [0.3, 0.4) is 0 Å². The number of hydrogen-bond donors (Lipinski definition) is 1. The summed E-state index contributed by atoms with van der Waals surface area (Å²) in [6, 6.07) is 1.54. The van der Waals surface area contributed by atoms with Crippen molar-refractivity contribution < 1.29 is 14.3 Å². The first-order valence-corrected chi connectivity index (χ1v) is 8.59. The van der Waals surface area contributed by atoms with E-state index in [9.17, 15) is 9.59 Å². The Morgan fingerprint density at radius 3 is 2.48 bits per heavy atom. The highest BCUT2D eigenvalue weighted by Crippen LogP contribution is 2.20. The van der Waals surface area contributed by atoms with Gasteiger partial charge in [-0.15, -0.1) is 0 Å². The van der Waals surface area contributed by atoms with Gasteiger partial charge in [0.25, 0.3) is 5.91 Å². The number of hydrogen-bond acceptors (Lipinski definition) is 4. The number of ether oxygens (including phenoxy) is 1.